The van der Waals surface area contributed by atoms with E-state index in [4.69, 9.17) is 0 Å². The molecule has 0 aromatic carbocycles. The van der Waals surface area contributed by atoms with E-state index in [9.17, 15) is 0 Å². The van der Waals surface area contributed by atoms with Crippen LogP contribution in [0.15, 0.2) is 30.6 Å². The van der Waals surface area contributed by atoms with E-state index in [1.165, 1.54) is 0 Å². The van der Waals surface area contributed by atoms with Gasteiger partial charge in [0.15, 0.2) is 0 Å². The van der Waals surface area contributed by atoms with Crippen molar-refractivity contribution in [2.45, 2.75) is 0 Å². The van der Waals surface area contributed by atoms with Crippen LogP contribution in [0.2, 0.25) is 0 Å². The van der Waals surface area contributed by atoms with Crippen molar-refractivity contribution in [2.75, 3.05) is 0 Å². The molecule has 1 aromatic rings. The fourth-order valence-corrected chi connectivity index (χ4v) is 0.313. The number of aromatic nitrogens is 1. The number of pyridine rings is 1. The summed E-state index contributed by atoms with van der Waals surface area (Å²) in [6, 6.07) is 5.72. The van der Waals surface area contributed by atoms with Gasteiger partial charge in [0.25, 0.3) is 0 Å². The van der Waals surface area contributed by atoms with Gasteiger partial charge in [-0.1, -0.05) is 6.07 Å². The first-order valence-corrected chi connectivity index (χ1v) is 1.85. The quantitative estimate of drug-likeness (QED) is 0.445. The van der Waals surface area contributed by atoms with Gasteiger partial charge in [-0.05, 0) is 12.1 Å². The number of hydrogen-bond acceptors (Lipinski definition) is 6. The van der Waals surface area contributed by atoms with Gasteiger partial charge >= 0.3 is 19.5 Å². The van der Waals surface area contributed by atoms with Crippen molar-refractivity contribution in [3.63, 3.8) is 0 Å². The molecule has 0 aliphatic rings. The summed E-state index contributed by atoms with van der Waals surface area (Å²) in [6.07, 6.45) is 3.50. The van der Waals surface area contributed by atoms with Crippen LogP contribution in [0.5, 0.6) is 0 Å². The summed E-state index contributed by atoms with van der Waals surface area (Å²) in [7, 11) is 0. The average molecular weight is 265 g/mol. The summed E-state index contributed by atoms with van der Waals surface area (Å²) in [4.78, 5) is 3.78. The molecule has 75 valence electrons. The normalized spacial score (nSPS) is 4.00. The molecule has 0 saturated carbocycles. The molecule has 6 nitrogen and oxygen atoms in total. The molecule has 0 unspecified atom stereocenters. The first-order chi connectivity index (χ1) is 3.00. The molecule has 1 heterocycles. The van der Waals surface area contributed by atoms with Gasteiger partial charge in [-0.25, -0.2) is 0 Å². The largest absolute Gasteiger partial charge is 3.00 e. The van der Waals surface area contributed by atoms with E-state index < -0.39 is 0 Å². The maximum Gasteiger partial charge on any atom is 3.00 e. The van der Waals surface area contributed by atoms with Crippen molar-refractivity contribution in [1.82, 2.24) is 35.7 Å². The Bertz CT molecular complexity index is 87.9. The maximum atomic E-state index is 3.78. The van der Waals surface area contributed by atoms with Gasteiger partial charge < -0.3 is 30.8 Å². The SMILES string of the molecule is N.N.N.N.N.[Ru+3].c1ccncc1. The Kier molecular flexibility index (Phi) is 108. The van der Waals surface area contributed by atoms with Crippen LogP contribution in [0.3, 0.4) is 0 Å². The smallest absolute Gasteiger partial charge is 0.344 e. The molecule has 1 rings (SSSR count). The van der Waals surface area contributed by atoms with Crippen molar-refractivity contribution in [3.05, 3.63) is 30.6 Å². The topological polar surface area (TPSA) is 188 Å². The van der Waals surface area contributed by atoms with Gasteiger partial charge in [0, 0.05) is 12.4 Å². The van der Waals surface area contributed by atoms with Crippen molar-refractivity contribution in [2.24, 2.45) is 0 Å². The van der Waals surface area contributed by atoms with Crippen LogP contribution < -0.4 is 30.8 Å². The van der Waals surface area contributed by atoms with Gasteiger partial charge in [0.05, 0.1) is 0 Å². The van der Waals surface area contributed by atoms with Crippen LogP contribution in [-0.4, -0.2) is 4.98 Å². The molecular weight excluding hydrogens is 245 g/mol. The fraction of sp³-hybridized carbons (Fsp3) is 0. The van der Waals surface area contributed by atoms with Crippen LogP contribution in [0.4, 0.5) is 0 Å². The Morgan fingerprint density at radius 3 is 1.00 bits per heavy atom. The van der Waals surface area contributed by atoms with E-state index in [-0.39, 0.29) is 50.2 Å². The van der Waals surface area contributed by atoms with Crippen molar-refractivity contribution < 1.29 is 19.5 Å². The number of hydrogen-bond donors (Lipinski definition) is 5. The minimum atomic E-state index is 0. The van der Waals surface area contributed by atoms with Crippen LogP contribution in [0, 0.1) is 0 Å². The van der Waals surface area contributed by atoms with Gasteiger partial charge in [-0.15, -0.1) is 0 Å². The molecule has 7 heteroatoms. The predicted octanol–water partition coefficient (Wildman–Crippen LogP) is 1.89. The van der Waals surface area contributed by atoms with Crippen molar-refractivity contribution in [3.8, 4) is 0 Å². The van der Waals surface area contributed by atoms with Crippen LogP contribution >= 0.6 is 0 Å². The molecule has 0 fully saturated rings. The molecule has 0 saturated heterocycles. The third-order valence-electron chi connectivity index (χ3n) is 0.566. The summed E-state index contributed by atoms with van der Waals surface area (Å²) in [5, 5.41) is 0. The summed E-state index contributed by atoms with van der Waals surface area (Å²) >= 11 is 0. The monoisotopic (exact) mass is 266 g/mol. The summed E-state index contributed by atoms with van der Waals surface area (Å²) < 4.78 is 0. The fourth-order valence-electron chi connectivity index (χ4n) is 0.313. The predicted molar refractivity (Wildman–Crippen MR) is 49.3 cm³/mol. The van der Waals surface area contributed by atoms with E-state index >= 15 is 0 Å². The molecular formula is C5H20N6Ru+3. The molecule has 0 aliphatic heterocycles. The summed E-state index contributed by atoms with van der Waals surface area (Å²) in [5.41, 5.74) is 0. The molecule has 0 aliphatic carbocycles. The molecule has 1 aromatic heterocycles. The third kappa shape index (κ3) is 22.7. The Morgan fingerprint density at radius 1 is 0.583 bits per heavy atom. The molecule has 1 radical (unpaired) electrons. The molecule has 15 N–H and O–H groups in total. The molecule has 0 amide bonds. The van der Waals surface area contributed by atoms with Gasteiger partial charge in [0.1, 0.15) is 0 Å². The molecule has 0 bridgehead atoms. The van der Waals surface area contributed by atoms with E-state index in [0.29, 0.717) is 0 Å². The van der Waals surface area contributed by atoms with Crippen molar-refractivity contribution in [1.29, 1.82) is 0 Å². The first kappa shape index (κ1) is 41.7. The van der Waals surface area contributed by atoms with Crippen LogP contribution in [0.25, 0.3) is 0 Å². The van der Waals surface area contributed by atoms with Gasteiger partial charge in [0.2, 0.25) is 0 Å². The Labute approximate surface area is 86.2 Å². The minimum absolute atomic E-state index is 0. The van der Waals surface area contributed by atoms with E-state index in [1.807, 2.05) is 18.2 Å². The number of rotatable bonds is 0. The molecule has 0 atom stereocenters. The van der Waals surface area contributed by atoms with Crippen LogP contribution in [0.1, 0.15) is 0 Å². The third-order valence-corrected chi connectivity index (χ3v) is 0.566. The first-order valence-electron chi connectivity index (χ1n) is 1.85. The second-order valence-electron chi connectivity index (χ2n) is 1.02. The maximum absolute atomic E-state index is 3.78. The Hall–Kier alpha value is -0.427. The second kappa shape index (κ2) is 31.2. The van der Waals surface area contributed by atoms with Gasteiger partial charge in [-0.3, -0.25) is 4.98 Å². The van der Waals surface area contributed by atoms with E-state index in [1.54, 1.807) is 12.4 Å². The Morgan fingerprint density at radius 2 is 0.917 bits per heavy atom. The zero-order valence-electron chi connectivity index (χ0n) is 7.22. The zero-order chi connectivity index (χ0) is 4.24. The van der Waals surface area contributed by atoms with E-state index in [0.717, 1.165) is 0 Å². The van der Waals surface area contributed by atoms with E-state index in [2.05, 4.69) is 4.98 Å². The number of nitrogens with zero attached hydrogens (tertiary/aromatic N) is 1. The van der Waals surface area contributed by atoms with Gasteiger partial charge in [-0.2, -0.15) is 0 Å². The Balaban J connectivity index is -0.0000000150. The van der Waals surface area contributed by atoms with Crippen LogP contribution in [-0.2, 0) is 19.5 Å². The summed E-state index contributed by atoms with van der Waals surface area (Å²) in [5.74, 6) is 0. The second-order valence-corrected chi connectivity index (χ2v) is 1.02. The standard InChI is InChI=1S/C5H5N.5H3N.Ru/c1-2-4-6-5-3-1;;;;;;/h1-5H;5*1H3;/q;;;;;;+3. The van der Waals surface area contributed by atoms with Crippen molar-refractivity contribution >= 4 is 0 Å². The minimum Gasteiger partial charge on any atom is -0.344 e. The molecule has 12 heavy (non-hydrogen) atoms. The molecule has 0 spiro atoms. The average Bonchev–Trinajstić information content (AvgIpc) is 1.72. The zero-order valence-corrected chi connectivity index (χ0v) is 8.96. The summed E-state index contributed by atoms with van der Waals surface area (Å²) in [6.45, 7) is 0.